The maximum Gasteiger partial charge on any atom is 0.127 e. The van der Waals surface area contributed by atoms with Gasteiger partial charge in [0.05, 0.1) is 12.6 Å². The summed E-state index contributed by atoms with van der Waals surface area (Å²) in [5.74, 6) is 1.03. The molecule has 0 amide bonds. The molecule has 0 saturated carbocycles. The summed E-state index contributed by atoms with van der Waals surface area (Å²) in [5.41, 5.74) is 4.72. The van der Waals surface area contributed by atoms with Gasteiger partial charge in [-0.3, -0.25) is 0 Å². The number of aryl methyl sites for hydroxylation is 2. The third kappa shape index (κ3) is 2.78. The Bertz CT molecular complexity index is 654. The van der Waals surface area contributed by atoms with Gasteiger partial charge in [0, 0.05) is 10.6 Å². The molecule has 1 N–H and O–H groups in total. The number of fused-ring (bicyclic) bond motifs is 1. The Labute approximate surface area is 131 Å². The molecule has 1 aliphatic heterocycles. The Morgan fingerprint density at radius 1 is 1.19 bits per heavy atom. The summed E-state index contributed by atoms with van der Waals surface area (Å²) in [7, 11) is 1.96. The number of hydrogen-bond acceptors (Lipinski definition) is 2. The van der Waals surface area contributed by atoms with Crippen molar-refractivity contribution in [3.8, 4) is 5.75 Å². The topological polar surface area (TPSA) is 21.3 Å². The Morgan fingerprint density at radius 3 is 2.81 bits per heavy atom. The third-order valence-corrected chi connectivity index (χ3v) is 4.36. The van der Waals surface area contributed by atoms with Crippen LogP contribution in [0.15, 0.2) is 36.4 Å². The van der Waals surface area contributed by atoms with Crippen molar-refractivity contribution in [1.29, 1.82) is 0 Å². The van der Waals surface area contributed by atoms with Crippen LogP contribution in [0.25, 0.3) is 0 Å². The monoisotopic (exact) mass is 301 g/mol. The molecule has 2 aromatic carbocycles. The molecular weight excluding hydrogens is 282 g/mol. The number of benzene rings is 2. The average molecular weight is 302 g/mol. The first-order chi connectivity index (χ1) is 10.2. The minimum atomic E-state index is 0.0474. The first-order valence-corrected chi connectivity index (χ1v) is 7.76. The van der Waals surface area contributed by atoms with Gasteiger partial charge in [0.25, 0.3) is 0 Å². The number of para-hydroxylation sites is 1. The molecule has 1 atom stereocenters. The minimum Gasteiger partial charge on any atom is -0.493 e. The largest absolute Gasteiger partial charge is 0.493 e. The summed E-state index contributed by atoms with van der Waals surface area (Å²) in [6, 6.07) is 12.6. The lowest BCUT2D eigenvalue weighted by molar-refractivity contribution is 0.283. The molecule has 0 fully saturated rings. The lowest BCUT2D eigenvalue weighted by atomic mass is 9.93. The Balaban J connectivity index is 2.08. The normalized spacial score (nSPS) is 15.2. The first-order valence-electron chi connectivity index (χ1n) is 7.38. The lowest BCUT2D eigenvalue weighted by Gasteiger charge is -2.26. The SMILES string of the molecule is CNC(c1ccc(C)cc1Cl)c1cccc2c1OCCC2. The fraction of sp³-hybridized carbons (Fsp3) is 0.333. The van der Waals surface area contributed by atoms with Gasteiger partial charge in [-0.2, -0.15) is 0 Å². The van der Waals surface area contributed by atoms with E-state index in [4.69, 9.17) is 16.3 Å². The van der Waals surface area contributed by atoms with E-state index in [1.165, 1.54) is 16.7 Å². The summed E-state index contributed by atoms with van der Waals surface area (Å²) in [5, 5.41) is 4.17. The van der Waals surface area contributed by atoms with Crippen molar-refractivity contribution < 1.29 is 4.74 Å². The average Bonchev–Trinajstić information content (AvgIpc) is 2.50. The van der Waals surface area contributed by atoms with E-state index < -0.39 is 0 Å². The zero-order valence-electron chi connectivity index (χ0n) is 12.4. The molecule has 110 valence electrons. The van der Waals surface area contributed by atoms with Gasteiger partial charge in [0.15, 0.2) is 0 Å². The summed E-state index contributed by atoms with van der Waals surface area (Å²) in [4.78, 5) is 0. The highest BCUT2D eigenvalue weighted by Gasteiger charge is 2.22. The standard InChI is InChI=1S/C18H20ClNO/c1-12-8-9-14(16(19)11-12)17(20-2)15-7-3-5-13-6-4-10-21-18(13)15/h3,5,7-9,11,17,20H,4,6,10H2,1-2H3. The first kappa shape index (κ1) is 14.4. The molecule has 21 heavy (non-hydrogen) atoms. The summed E-state index contributed by atoms with van der Waals surface area (Å²) in [6.07, 6.45) is 2.17. The highest BCUT2D eigenvalue weighted by Crippen LogP contribution is 2.37. The van der Waals surface area contributed by atoms with Crippen molar-refractivity contribution in [3.05, 3.63) is 63.7 Å². The molecule has 0 aliphatic carbocycles. The maximum absolute atomic E-state index is 6.46. The third-order valence-electron chi connectivity index (χ3n) is 4.03. The fourth-order valence-corrected chi connectivity index (χ4v) is 3.33. The number of rotatable bonds is 3. The van der Waals surface area contributed by atoms with Gasteiger partial charge in [0.1, 0.15) is 5.75 Å². The highest BCUT2D eigenvalue weighted by atomic mass is 35.5. The zero-order valence-corrected chi connectivity index (χ0v) is 13.2. The second-order valence-corrected chi connectivity index (χ2v) is 5.94. The van der Waals surface area contributed by atoms with Gasteiger partial charge in [-0.15, -0.1) is 0 Å². The molecule has 3 rings (SSSR count). The minimum absolute atomic E-state index is 0.0474. The van der Waals surface area contributed by atoms with Crippen LogP contribution >= 0.6 is 11.6 Å². The quantitative estimate of drug-likeness (QED) is 0.913. The van der Waals surface area contributed by atoms with Crippen molar-refractivity contribution in [3.63, 3.8) is 0 Å². The van der Waals surface area contributed by atoms with Gasteiger partial charge < -0.3 is 10.1 Å². The van der Waals surface area contributed by atoms with E-state index >= 15 is 0 Å². The highest BCUT2D eigenvalue weighted by molar-refractivity contribution is 6.31. The molecule has 0 spiro atoms. The van der Waals surface area contributed by atoms with Crippen LogP contribution in [0.5, 0.6) is 5.75 Å². The Hall–Kier alpha value is -1.51. The van der Waals surface area contributed by atoms with Crippen molar-refractivity contribution in [2.75, 3.05) is 13.7 Å². The van der Waals surface area contributed by atoms with E-state index in [1.54, 1.807) is 0 Å². The summed E-state index contributed by atoms with van der Waals surface area (Å²) >= 11 is 6.46. The predicted octanol–water partition coefficient (Wildman–Crippen LogP) is 4.28. The van der Waals surface area contributed by atoms with Gasteiger partial charge in [-0.25, -0.2) is 0 Å². The van der Waals surface area contributed by atoms with Gasteiger partial charge >= 0.3 is 0 Å². The Morgan fingerprint density at radius 2 is 2.05 bits per heavy atom. The van der Waals surface area contributed by atoms with Crippen LogP contribution in [0.2, 0.25) is 5.02 Å². The summed E-state index contributed by atoms with van der Waals surface area (Å²) < 4.78 is 5.94. The number of halogens is 1. The Kier molecular flexibility index (Phi) is 4.18. The second-order valence-electron chi connectivity index (χ2n) is 5.53. The van der Waals surface area contributed by atoms with E-state index in [0.29, 0.717) is 0 Å². The number of nitrogens with one attached hydrogen (secondary N) is 1. The van der Waals surface area contributed by atoms with Crippen molar-refractivity contribution >= 4 is 11.6 Å². The maximum atomic E-state index is 6.46. The molecule has 0 saturated heterocycles. The van der Waals surface area contributed by atoms with E-state index in [1.807, 2.05) is 13.1 Å². The van der Waals surface area contributed by atoms with Gasteiger partial charge in [-0.1, -0.05) is 41.9 Å². The second kappa shape index (κ2) is 6.08. The van der Waals surface area contributed by atoms with Crippen molar-refractivity contribution in [1.82, 2.24) is 5.32 Å². The molecule has 0 bridgehead atoms. The van der Waals surface area contributed by atoms with E-state index in [0.717, 1.165) is 35.8 Å². The number of hydrogen-bond donors (Lipinski definition) is 1. The predicted molar refractivity (Wildman–Crippen MR) is 87.3 cm³/mol. The van der Waals surface area contributed by atoms with Crippen molar-refractivity contribution in [2.24, 2.45) is 0 Å². The molecule has 2 nitrogen and oxygen atoms in total. The molecule has 1 heterocycles. The number of ether oxygens (including phenoxy) is 1. The van der Waals surface area contributed by atoms with Crippen LogP contribution in [0.3, 0.4) is 0 Å². The van der Waals surface area contributed by atoms with Crippen molar-refractivity contribution in [2.45, 2.75) is 25.8 Å². The molecule has 2 aromatic rings. The zero-order chi connectivity index (χ0) is 14.8. The van der Waals surface area contributed by atoms with Gasteiger partial charge in [-0.05, 0) is 49.6 Å². The van der Waals surface area contributed by atoms with E-state index in [9.17, 15) is 0 Å². The fourth-order valence-electron chi connectivity index (χ4n) is 2.99. The van der Waals surface area contributed by atoms with Crippen LogP contribution in [0.1, 0.15) is 34.7 Å². The van der Waals surface area contributed by atoms with Gasteiger partial charge in [0.2, 0.25) is 0 Å². The molecule has 3 heteroatoms. The van der Waals surface area contributed by atoms with E-state index in [2.05, 4.69) is 42.6 Å². The lowest BCUT2D eigenvalue weighted by Crippen LogP contribution is -2.21. The molecule has 1 aliphatic rings. The molecule has 1 unspecified atom stereocenters. The van der Waals surface area contributed by atoms with Crippen LogP contribution in [-0.4, -0.2) is 13.7 Å². The molecule has 0 aromatic heterocycles. The van der Waals surface area contributed by atoms with Crippen LogP contribution in [0.4, 0.5) is 0 Å². The van der Waals surface area contributed by atoms with E-state index in [-0.39, 0.29) is 6.04 Å². The smallest absolute Gasteiger partial charge is 0.127 e. The van der Waals surface area contributed by atoms with Crippen LogP contribution in [-0.2, 0) is 6.42 Å². The molecule has 0 radical (unpaired) electrons. The van der Waals surface area contributed by atoms with Crippen LogP contribution < -0.4 is 10.1 Å². The van der Waals surface area contributed by atoms with Crippen LogP contribution in [0, 0.1) is 6.92 Å². The summed E-state index contributed by atoms with van der Waals surface area (Å²) in [6.45, 7) is 2.85. The molecular formula is C18H20ClNO.